The highest BCUT2D eigenvalue weighted by Gasteiger charge is 2.30. The van der Waals surface area contributed by atoms with Crippen molar-refractivity contribution in [2.24, 2.45) is 11.7 Å². The molecule has 18 heavy (non-hydrogen) atoms. The summed E-state index contributed by atoms with van der Waals surface area (Å²) in [4.78, 5) is 13.6. The molecule has 1 aliphatic heterocycles. The first kappa shape index (κ1) is 13.6. The molecule has 2 aliphatic rings. The van der Waals surface area contributed by atoms with Crippen LogP contribution in [0.4, 0.5) is 0 Å². The van der Waals surface area contributed by atoms with Crippen molar-refractivity contribution in [1.82, 2.24) is 10.2 Å². The number of nitrogens with two attached hydrogens (primary N) is 1. The van der Waals surface area contributed by atoms with Crippen LogP contribution in [0.1, 0.15) is 25.7 Å². The molecule has 4 nitrogen and oxygen atoms in total. The Morgan fingerprint density at radius 1 is 1.56 bits per heavy atom. The normalized spacial score (nSPS) is 24.4. The number of nitrogens with one attached hydrogen (secondary N) is 1. The van der Waals surface area contributed by atoms with Gasteiger partial charge in [0.1, 0.15) is 0 Å². The summed E-state index contributed by atoms with van der Waals surface area (Å²) in [6.07, 6.45) is 3.81. The Hall–Kier alpha value is -0.810. The summed E-state index contributed by atoms with van der Waals surface area (Å²) in [5.41, 5.74) is 7.72. The second-order valence-electron chi connectivity index (χ2n) is 4.72. The second kappa shape index (κ2) is 5.89. The minimum Gasteiger partial charge on any atom is -0.369 e. The van der Waals surface area contributed by atoms with E-state index in [0.29, 0.717) is 11.0 Å². The van der Waals surface area contributed by atoms with E-state index in [1.54, 1.807) is 0 Å². The molecule has 1 aliphatic carbocycles. The van der Waals surface area contributed by atoms with Gasteiger partial charge in [-0.05, 0) is 43.5 Å². The van der Waals surface area contributed by atoms with E-state index in [1.165, 1.54) is 5.57 Å². The molecule has 0 fully saturated rings. The van der Waals surface area contributed by atoms with Crippen LogP contribution in [0.25, 0.3) is 0 Å². The predicted molar refractivity (Wildman–Crippen MR) is 76.2 cm³/mol. The van der Waals surface area contributed by atoms with E-state index in [4.69, 9.17) is 29.6 Å². The maximum atomic E-state index is 11.5. The molecule has 0 spiro atoms. The van der Waals surface area contributed by atoms with Gasteiger partial charge in [0.2, 0.25) is 5.91 Å². The summed E-state index contributed by atoms with van der Waals surface area (Å²) in [6.45, 7) is 1.60. The molecule has 3 N–H and O–H groups in total. The predicted octanol–water partition coefficient (Wildman–Crippen LogP) is 1.34. The molecule has 0 unspecified atom stereocenters. The maximum absolute atomic E-state index is 11.5. The first-order valence-corrected chi connectivity index (χ1v) is 7.21. The second-order valence-corrected chi connectivity index (χ2v) is 5.49. The minimum absolute atomic E-state index is 0.206. The topological polar surface area (TPSA) is 58.4 Å². The summed E-state index contributed by atoms with van der Waals surface area (Å²) in [5.74, 6) is 0.0806. The molecule has 0 aromatic carbocycles. The van der Waals surface area contributed by atoms with Crippen molar-refractivity contribution < 1.29 is 4.79 Å². The fourth-order valence-electron chi connectivity index (χ4n) is 2.65. The number of amides is 1. The molecule has 0 aromatic heterocycles. The Labute approximate surface area is 118 Å². The maximum Gasteiger partial charge on any atom is 0.226 e. The van der Waals surface area contributed by atoms with Gasteiger partial charge >= 0.3 is 0 Å². The Morgan fingerprint density at radius 3 is 3.00 bits per heavy atom. The van der Waals surface area contributed by atoms with Gasteiger partial charge in [-0.3, -0.25) is 4.79 Å². The van der Waals surface area contributed by atoms with E-state index >= 15 is 0 Å². The summed E-state index contributed by atoms with van der Waals surface area (Å²) in [7, 11) is 0. The smallest absolute Gasteiger partial charge is 0.226 e. The largest absolute Gasteiger partial charge is 0.369 e. The van der Waals surface area contributed by atoms with Crippen molar-refractivity contribution in [2.45, 2.75) is 25.7 Å². The Kier molecular flexibility index (Phi) is 4.45. The van der Waals surface area contributed by atoms with E-state index in [9.17, 15) is 4.79 Å². The SMILES string of the molecule is NC(=O)[C@@H]1CCCC2=C1NC(=S)N(CCCl)CC2. The van der Waals surface area contributed by atoms with Crippen LogP contribution in [0.2, 0.25) is 0 Å². The van der Waals surface area contributed by atoms with E-state index in [-0.39, 0.29) is 11.8 Å². The van der Waals surface area contributed by atoms with Crippen molar-refractivity contribution >= 4 is 34.8 Å². The van der Waals surface area contributed by atoms with Crippen LogP contribution in [0.3, 0.4) is 0 Å². The lowest BCUT2D eigenvalue weighted by atomic mass is 9.85. The van der Waals surface area contributed by atoms with Crippen LogP contribution in [0.15, 0.2) is 11.3 Å². The Balaban J connectivity index is 2.20. The highest BCUT2D eigenvalue weighted by Crippen LogP contribution is 2.32. The zero-order valence-electron chi connectivity index (χ0n) is 10.2. The van der Waals surface area contributed by atoms with Crippen molar-refractivity contribution in [2.75, 3.05) is 19.0 Å². The third-order valence-electron chi connectivity index (χ3n) is 3.61. The van der Waals surface area contributed by atoms with Crippen molar-refractivity contribution in [1.29, 1.82) is 0 Å². The number of nitrogens with zero attached hydrogens (tertiary/aromatic N) is 1. The van der Waals surface area contributed by atoms with Gasteiger partial charge < -0.3 is 16.0 Å². The van der Waals surface area contributed by atoms with Crippen LogP contribution in [-0.2, 0) is 4.79 Å². The fraction of sp³-hybridized carbons (Fsp3) is 0.667. The Bertz CT molecular complexity index is 397. The molecule has 0 bridgehead atoms. The number of thiocarbonyl (C=S) groups is 1. The summed E-state index contributed by atoms with van der Waals surface area (Å²) in [6, 6.07) is 0. The summed E-state index contributed by atoms with van der Waals surface area (Å²) in [5, 5.41) is 3.89. The molecule has 0 aromatic rings. The molecular formula is C12H18ClN3OS. The fourth-order valence-corrected chi connectivity index (χ4v) is 3.14. The van der Waals surface area contributed by atoms with Gasteiger partial charge in [0, 0.05) is 24.7 Å². The minimum atomic E-state index is -0.261. The van der Waals surface area contributed by atoms with Crippen LogP contribution in [-0.4, -0.2) is 34.9 Å². The van der Waals surface area contributed by atoms with Gasteiger partial charge in [-0.2, -0.15) is 0 Å². The number of rotatable bonds is 3. The van der Waals surface area contributed by atoms with E-state index in [1.807, 2.05) is 0 Å². The molecule has 1 amide bonds. The quantitative estimate of drug-likeness (QED) is 0.608. The monoisotopic (exact) mass is 287 g/mol. The number of carbonyl (C=O) groups is 1. The average molecular weight is 288 g/mol. The number of halogens is 1. The van der Waals surface area contributed by atoms with Crippen LogP contribution in [0.5, 0.6) is 0 Å². The molecule has 0 saturated heterocycles. The number of hydrogen-bond donors (Lipinski definition) is 2. The molecule has 2 rings (SSSR count). The Morgan fingerprint density at radius 2 is 2.33 bits per heavy atom. The lowest BCUT2D eigenvalue weighted by molar-refractivity contribution is -0.121. The molecule has 6 heteroatoms. The van der Waals surface area contributed by atoms with Crippen molar-refractivity contribution in [3.8, 4) is 0 Å². The van der Waals surface area contributed by atoms with Crippen molar-refractivity contribution in [3.63, 3.8) is 0 Å². The zero-order chi connectivity index (χ0) is 13.1. The molecular weight excluding hydrogens is 270 g/mol. The number of primary amides is 1. The van der Waals surface area contributed by atoms with E-state index < -0.39 is 0 Å². The molecule has 100 valence electrons. The van der Waals surface area contributed by atoms with E-state index in [2.05, 4.69) is 10.2 Å². The van der Waals surface area contributed by atoms with Gasteiger partial charge in [-0.15, -0.1) is 11.6 Å². The highest BCUT2D eigenvalue weighted by molar-refractivity contribution is 7.80. The molecule has 0 saturated carbocycles. The lowest BCUT2D eigenvalue weighted by Gasteiger charge is -2.26. The van der Waals surface area contributed by atoms with Gasteiger partial charge in [0.15, 0.2) is 5.11 Å². The molecule has 1 atom stereocenters. The third kappa shape index (κ3) is 2.78. The number of carbonyl (C=O) groups excluding carboxylic acids is 1. The lowest BCUT2D eigenvalue weighted by Crippen LogP contribution is -2.42. The number of alkyl halides is 1. The zero-order valence-corrected chi connectivity index (χ0v) is 11.8. The van der Waals surface area contributed by atoms with Crippen LogP contribution < -0.4 is 11.1 Å². The average Bonchev–Trinajstić information content (AvgIpc) is 2.49. The molecule has 0 radical (unpaired) electrons. The van der Waals surface area contributed by atoms with Crippen LogP contribution in [0, 0.1) is 5.92 Å². The standard InChI is InChI=1S/C12H18ClN3OS/c13-5-7-16-6-4-8-2-1-3-9(11(14)17)10(8)15-12(16)18/h9H,1-7H2,(H2,14,17)(H,15,18)/t9-/m1/s1. The number of hydrogen-bond acceptors (Lipinski definition) is 2. The van der Waals surface area contributed by atoms with E-state index in [0.717, 1.165) is 44.5 Å². The van der Waals surface area contributed by atoms with Gasteiger partial charge in [0.25, 0.3) is 0 Å². The molecule has 1 heterocycles. The van der Waals surface area contributed by atoms with Crippen LogP contribution >= 0.6 is 23.8 Å². The first-order valence-electron chi connectivity index (χ1n) is 6.26. The summed E-state index contributed by atoms with van der Waals surface area (Å²) < 4.78 is 0. The third-order valence-corrected chi connectivity index (χ3v) is 4.14. The highest BCUT2D eigenvalue weighted by atomic mass is 35.5. The van der Waals surface area contributed by atoms with Crippen molar-refractivity contribution in [3.05, 3.63) is 11.3 Å². The van der Waals surface area contributed by atoms with Gasteiger partial charge in [0.05, 0.1) is 5.92 Å². The van der Waals surface area contributed by atoms with Gasteiger partial charge in [-0.25, -0.2) is 0 Å². The first-order chi connectivity index (χ1) is 8.63. The summed E-state index contributed by atoms with van der Waals surface area (Å²) >= 11 is 11.1. The van der Waals surface area contributed by atoms with Gasteiger partial charge in [-0.1, -0.05) is 0 Å².